The van der Waals surface area contributed by atoms with Crippen LogP contribution in [0.25, 0.3) is 11.4 Å². The zero-order valence-electron chi connectivity index (χ0n) is 12.5. The quantitative estimate of drug-likeness (QED) is 0.914. The minimum absolute atomic E-state index is 0.565. The molecule has 1 aromatic heterocycles. The summed E-state index contributed by atoms with van der Waals surface area (Å²) in [4.78, 5) is 17.1. The second-order valence-corrected chi connectivity index (χ2v) is 4.87. The van der Waals surface area contributed by atoms with Gasteiger partial charge in [-0.2, -0.15) is 15.0 Å². The maximum absolute atomic E-state index is 4.48. The molecule has 1 aromatic carbocycles. The average molecular weight is 272 g/mol. The molecule has 0 unspecified atom stereocenters. The van der Waals surface area contributed by atoms with Gasteiger partial charge >= 0.3 is 0 Å². The molecule has 0 amide bonds. The summed E-state index contributed by atoms with van der Waals surface area (Å²) < 4.78 is 0. The van der Waals surface area contributed by atoms with E-state index in [9.17, 15) is 0 Å². The van der Waals surface area contributed by atoms with E-state index >= 15 is 0 Å². The molecule has 0 aliphatic heterocycles. The van der Waals surface area contributed by atoms with Crippen LogP contribution in [0.2, 0.25) is 0 Å². The van der Waals surface area contributed by atoms with Gasteiger partial charge in [0, 0.05) is 46.5 Å². The van der Waals surface area contributed by atoms with Gasteiger partial charge in [-0.3, -0.25) is 0 Å². The van der Waals surface area contributed by atoms with E-state index in [-0.39, 0.29) is 0 Å². The van der Waals surface area contributed by atoms with E-state index in [1.54, 1.807) is 7.05 Å². The van der Waals surface area contributed by atoms with Crippen molar-refractivity contribution in [1.82, 2.24) is 15.0 Å². The Morgan fingerprint density at radius 2 is 1.50 bits per heavy atom. The number of anilines is 3. The fourth-order valence-corrected chi connectivity index (χ4v) is 1.71. The summed E-state index contributed by atoms with van der Waals surface area (Å²) in [6.07, 6.45) is 0. The van der Waals surface area contributed by atoms with Gasteiger partial charge in [0.05, 0.1) is 0 Å². The molecule has 20 heavy (non-hydrogen) atoms. The van der Waals surface area contributed by atoms with Crippen molar-refractivity contribution in [2.75, 3.05) is 50.4 Å². The first-order chi connectivity index (χ1) is 9.51. The molecule has 0 saturated heterocycles. The third kappa shape index (κ3) is 2.96. The van der Waals surface area contributed by atoms with Crippen LogP contribution in [-0.2, 0) is 0 Å². The zero-order chi connectivity index (χ0) is 14.7. The summed E-state index contributed by atoms with van der Waals surface area (Å²) in [6.45, 7) is 0. The van der Waals surface area contributed by atoms with E-state index in [4.69, 9.17) is 0 Å². The SMILES string of the molecule is CNc1nc(-c2ccc(N(C)C)cc2)nc(N(C)C)n1. The third-order valence-electron chi connectivity index (χ3n) is 2.89. The van der Waals surface area contributed by atoms with Gasteiger partial charge in [-0.15, -0.1) is 0 Å². The standard InChI is InChI=1S/C14H20N6/c1-15-13-16-12(17-14(18-13)20(4)5)10-6-8-11(9-7-10)19(2)3/h6-9H,1-5H3,(H,15,16,17,18). The smallest absolute Gasteiger partial charge is 0.230 e. The van der Waals surface area contributed by atoms with Crippen molar-refractivity contribution >= 4 is 17.6 Å². The lowest BCUT2D eigenvalue weighted by Gasteiger charge is -2.14. The highest BCUT2D eigenvalue weighted by molar-refractivity contribution is 5.62. The number of hydrogen-bond acceptors (Lipinski definition) is 6. The first-order valence-electron chi connectivity index (χ1n) is 6.40. The minimum atomic E-state index is 0.565. The molecule has 1 heterocycles. The Hall–Kier alpha value is -2.37. The highest BCUT2D eigenvalue weighted by Gasteiger charge is 2.09. The van der Waals surface area contributed by atoms with Crippen LogP contribution in [-0.4, -0.2) is 50.2 Å². The Balaban J connectivity index is 2.43. The summed E-state index contributed by atoms with van der Waals surface area (Å²) in [6, 6.07) is 8.13. The fourth-order valence-electron chi connectivity index (χ4n) is 1.71. The molecule has 6 heteroatoms. The second kappa shape index (κ2) is 5.73. The highest BCUT2D eigenvalue weighted by atomic mass is 15.3. The molecule has 0 radical (unpaired) electrons. The van der Waals surface area contributed by atoms with E-state index in [2.05, 4.69) is 25.2 Å². The Kier molecular flexibility index (Phi) is 4.02. The Labute approximate surface area is 119 Å². The molecular formula is C14H20N6. The van der Waals surface area contributed by atoms with Crippen molar-refractivity contribution in [3.63, 3.8) is 0 Å². The number of rotatable bonds is 4. The highest BCUT2D eigenvalue weighted by Crippen LogP contribution is 2.21. The predicted octanol–water partition coefficient (Wildman–Crippen LogP) is 1.71. The maximum Gasteiger partial charge on any atom is 0.230 e. The van der Waals surface area contributed by atoms with E-state index in [0.29, 0.717) is 17.7 Å². The topological polar surface area (TPSA) is 57.2 Å². The van der Waals surface area contributed by atoms with Gasteiger partial charge in [0.1, 0.15) is 0 Å². The van der Waals surface area contributed by atoms with Gasteiger partial charge in [0.2, 0.25) is 11.9 Å². The van der Waals surface area contributed by atoms with E-state index < -0.39 is 0 Å². The van der Waals surface area contributed by atoms with Gasteiger partial charge in [0.25, 0.3) is 0 Å². The molecule has 1 N–H and O–H groups in total. The van der Waals surface area contributed by atoms with Crippen LogP contribution in [0.3, 0.4) is 0 Å². The van der Waals surface area contributed by atoms with Crippen LogP contribution in [0.15, 0.2) is 24.3 Å². The monoisotopic (exact) mass is 272 g/mol. The largest absolute Gasteiger partial charge is 0.378 e. The molecule has 0 atom stereocenters. The summed E-state index contributed by atoms with van der Waals surface area (Å²) in [5.41, 5.74) is 2.11. The lowest BCUT2D eigenvalue weighted by molar-refractivity contribution is 0.963. The molecule has 106 valence electrons. The Morgan fingerprint density at radius 1 is 0.850 bits per heavy atom. The van der Waals surface area contributed by atoms with Crippen molar-refractivity contribution in [2.45, 2.75) is 0 Å². The summed E-state index contributed by atoms with van der Waals surface area (Å²) in [7, 11) is 9.65. The second-order valence-electron chi connectivity index (χ2n) is 4.87. The number of nitrogens with one attached hydrogen (secondary N) is 1. The van der Waals surface area contributed by atoms with Crippen LogP contribution >= 0.6 is 0 Å². The van der Waals surface area contributed by atoms with Crippen molar-refractivity contribution in [2.24, 2.45) is 0 Å². The summed E-state index contributed by atoms with van der Waals surface area (Å²) in [5, 5.41) is 2.96. The number of nitrogens with zero attached hydrogens (tertiary/aromatic N) is 5. The Bertz CT molecular complexity index is 577. The lowest BCUT2D eigenvalue weighted by Crippen LogP contribution is -2.15. The van der Waals surface area contributed by atoms with Crippen LogP contribution in [0.4, 0.5) is 17.6 Å². The maximum atomic E-state index is 4.48. The summed E-state index contributed by atoms with van der Waals surface area (Å²) >= 11 is 0. The fraction of sp³-hybridized carbons (Fsp3) is 0.357. The van der Waals surface area contributed by atoms with Crippen LogP contribution in [0.5, 0.6) is 0 Å². The van der Waals surface area contributed by atoms with Gasteiger partial charge in [-0.25, -0.2) is 0 Å². The van der Waals surface area contributed by atoms with Crippen molar-refractivity contribution in [3.8, 4) is 11.4 Å². The van der Waals surface area contributed by atoms with E-state index in [1.165, 1.54) is 0 Å². The van der Waals surface area contributed by atoms with Gasteiger partial charge in [-0.1, -0.05) is 0 Å². The number of aromatic nitrogens is 3. The molecule has 2 aromatic rings. The molecule has 0 bridgehead atoms. The first kappa shape index (κ1) is 14.0. The van der Waals surface area contributed by atoms with Gasteiger partial charge in [0.15, 0.2) is 5.82 Å². The predicted molar refractivity (Wildman–Crippen MR) is 83.5 cm³/mol. The van der Waals surface area contributed by atoms with Gasteiger partial charge in [-0.05, 0) is 24.3 Å². The molecule has 0 fully saturated rings. The Morgan fingerprint density at radius 3 is 2.00 bits per heavy atom. The third-order valence-corrected chi connectivity index (χ3v) is 2.89. The molecule has 0 spiro atoms. The normalized spacial score (nSPS) is 10.2. The van der Waals surface area contributed by atoms with E-state index in [0.717, 1.165) is 11.3 Å². The molecular weight excluding hydrogens is 252 g/mol. The molecule has 2 rings (SSSR count). The zero-order valence-corrected chi connectivity index (χ0v) is 12.5. The lowest BCUT2D eigenvalue weighted by atomic mass is 10.2. The number of hydrogen-bond donors (Lipinski definition) is 1. The first-order valence-corrected chi connectivity index (χ1v) is 6.40. The van der Waals surface area contributed by atoms with Crippen LogP contribution in [0, 0.1) is 0 Å². The average Bonchev–Trinajstić information content (AvgIpc) is 2.46. The molecule has 0 aliphatic carbocycles. The minimum Gasteiger partial charge on any atom is -0.378 e. The summed E-state index contributed by atoms with van der Waals surface area (Å²) in [5.74, 6) is 1.87. The molecule has 0 saturated carbocycles. The molecule has 6 nitrogen and oxygen atoms in total. The van der Waals surface area contributed by atoms with Crippen LogP contribution in [0.1, 0.15) is 0 Å². The molecule has 0 aliphatic rings. The van der Waals surface area contributed by atoms with Crippen LogP contribution < -0.4 is 15.1 Å². The van der Waals surface area contributed by atoms with E-state index in [1.807, 2.05) is 57.4 Å². The number of benzene rings is 1. The van der Waals surface area contributed by atoms with Gasteiger partial charge < -0.3 is 15.1 Å². The van der Waals surface area contributed by atoms with Crippen molar-refractivity contribution in [3.05, 3.63) is 24.3 Å². The van der Waals surface area contributed by atoms with Crippen molar-refractivity contribution < 1.29 is 0 Å². The van der Waals surface area contributed by atoms with Crippen molar-refractivity contribution in [1.29, 1.82) is 0 Å².